The van der Waals surface area contributed by atoms with E-state index < -0.39 is 17.2 Å². The molecule has 0 aliphatic heterocycles. The third-order valence-corrected chi connectivity index (χ3v) is 4.88. The highest BCUT2D eigenvalue weighted by atomic mass is 32.1. The first-order valence-electron chi connectivity index (χ1n) is 7.82. The molecule has 0 aliphatic carbocycles. The molecule has 0 unspecified atom stereocenters. The van der Waals surface area contributed by atoms with E-state index in [-0.39, 0.29) is 16.7 Å². The minimum atomic E-state index is -0.481. The molecule has 4 aromatic heterocycles. The fourth-order valence-electron chi connectivity index (χ4n) is 2.62. The smallest absolute Gasteiger partial charge is 0.332 e. The lowest BCUT2D eigenvalue weighted by atomic mass is 10.3. The largest absolute Gasteiger partial charge is 0.462 e. The van der Waals surface area contributed by atoms with E-state index in [1.165, 1.54) is 48.5 Å². The van der Waals surface area contributed by atoms with Crippen molar-refractivity contribution in [2.75, 3.05) is 5.32 Å². The molecule has 0 bridgehead atoms. The molecule has 0 atom stereocenters. The number of nitrogens with zero attached hydrogens (tertiary/aromatic N) is 4. The van der Waals surface area contributed by atoms with Crippen LogP contribution in [0.15, 0.2) is 50.0 Å². The second kappa shape index (κ2) is 6.32. The van der Waals surface area contributed by atoms with Crippen LogP contribution in [0.4, 0.5) is 5.69 Å². The van der Waals surface area contributed by atoms with Crippen LogP contribution in [0.3, 0.4) is 0 Å². The zero-order chi connectivity index (χ0) is 19.1. The summed E-state index contributed by atoms with van der Waals surface area (Å²) in [4.78, 5) is 45.1. The molecule has 0 radical (unpaired) electrons. The topological polar surface area (TPSA) is 112 Å². The monoisotopic (exact) mass is 383 g/mol. The summed E-state index contributed by atoms with van der Waals surface area (Å²) in [5.74, 6) is 0.141. The summed E-state index contributed by atoms with van der Waals surface area (Å²) in [6.07, 6.45) is 2.92. The number of hydrogen-bond donors (Lipinski definition) is 1. The summed E-state index contributed by atoms with van der Waals surface area (Å²) in [7, 11) is 2.92. The maximum atomic E-state index is 12.4. The molecule has 10 heteroatoms. The van der Waals surface area contributed by atoms with Crippen LogP contribution < -0.4 is 16.6 Å². The summed E-state index contributed by atoms with van der Waals surface area (Å²) < 4.78 is 7.53. The maximum absolute atomic E-state index is 12.4. The number of carbonyl (C=O) groups excluding carboxylic acids is 1. The van der Waals surface area contributed by atoms with E-state index in [2.05, 4.69) is 15.3 Å². The van der Waals surface area contributed by atoms with Crippen LogP contribution in [0.2, 0.25) is 0 Å². The molecule has 1 N–H and O–H groups in total. The molecule has 0 aliphatic rings. The minimum absolute atomic E-state index is 0.222. The van der Waals surface area contributed by atoms with Gasteiger partial charge < -0.3 is 9.73 Å². The number of rotatable bonds is 3. The number of pyridine rings is 1. The van der Waals surface area contributed by atoms with Crippen LogP contribution in [-0.2, 0) is 14.1 Å². The Morgan fingerprint density at radius 2 is 2.07 bits per heavy atom. The Labute approximate surface area is 155 Å². The number of carbonyl (C=O) groups is 1. The van der Waals surface area contributed by atoms with E-state index >= 15 is 0 Å². The summed E-state index contributed by atoms with van der Waals surface area (Å²) in [6, 6.07) is 4.99. The Morgan fingerprint density at radius 3 is 2.81 bits per heavy atom. The highest BCUT2D eigenvalue weighted by Crippen LogP contribution is 2.24. The van der Waals surface area contributed by atoms with Crippen molar-refractivity contribution in [3.63, 3.8) is 0 Å². The van der Waals surface area contributed by atoms with E-state index in [1.807, 2.05) is 0 Å². The zero-order valence-electron chi connectivity index (χ0n) is 14.3. The Balaban J connectivity index is 1.67. The highest BCUT2D eigenvalue weighted by Gasteiger charge is 2.15. The summed E-state index contributed by atoms with van der Waals surface area (Å²) in [6.45, 7) is 0. The molecule has 0 fully saturated rings. The Kier molecular flexibility index (Phi) is 3.96. The average molecular weight is 383 g/mol. The van der Waals surface area contributed by atoms with Crippen LogP contribution in [-0.4, -0.2) is 25.0 Å². The van der Waals surface area contributed by atoms with Crippen molar-refractivity contribution in [1.29, 1.82) is 0 Å². The van der Waals surface area contributed by atoms with Gasteiger partial charge in [-0.05, 0) is 18.2 Å². The lowest BCUT2D eigenvalue weighted by molar-refractivity contribution is 0.102. The van der Waals surface area contributed by atoms with Crippen molar-refractivity contribution in [3.8, 4) is 10.8 Å². The molecular weight excluding hydrogens is 370 g/mol. The van der Waals surface area contributed by atoms with Gasteiger partial charge in [0.1, 0.15) is 11.3 Å². The van der Waals surface area contributed by atoms with Crippen LogP contribution in [0.1, 0.15) is 10.5 Å². The van der Waals surface area contributed by atoms with E-state index in [0.29, 0.717) is 16.5 Å². The van der Waals surface area contributed by atoms with Gasteiger partial charge in [-0.15, -0.1) is 11.3 Å². The van der Waals surface area contributed by atoms with Gasteiger partial charge in [0.15, 0.2) is 10.8 Å². The van der Waals surface area contributed by atoms with Gasteiger partial charge in [0, 0.05) is 19.5 Å². The average Bonchev–Trinajstić information content (AvgIpc) is 3.35. The zero-order valence-corrected chi connectivity index (χ0v) is 15.1. The van der Waals surface area contributed by atoms with Crippen LogP contribution in [0.25, 0.3) is 21.8 Å². The first-order chi connectivity index (χ1) is 13.0. The van der Waals surface area contributed by atoms with Crippen molar-refractivity contribution >= 4 is 34.0 Å². The van der Waals surface area contributed by atoms with Crippen LogP contribution in [0.5, 0.6) is 0 Å². The number of thiazole rings is 1. The second-order valence-corrected chi connectivity index (χ2v) is 6.63. The summed E-state index contributed by atoms with van der Waals surface area (Å²) in [5.41, 5.74) is -0.152. The van der Waals surface area contributed by atoms with Gasteiger partial charge in [-0.1, -0.05) is 0 Å². The minimum Gasteiger partial charge on any atom is -0.462 e. The van der Waals surface area contributed by atoms with Crippen LogP contribution >= 0.6 is 11.3 Å². The number of aryl methyl sites for hydroxylation is 1. The molecule has 4 heterocycles. The third kappa shape index (κ3) is 2.85. The molecule has 0 spiro atoms. The van der Waals surface area contributed by atoms with Crippen molar-refractivity contribution < 1.29 is 9.21 Å². The van der Waals surface area contributed by atoms with Crippen molar-refractivity contribution in [1.82, 2.24) is 19.1 Å². The molecular formula is C17H13N5O4S. The van der Waals surface area contributed by atoms with E-state index in [0.717, 1.165) is 4.57 Å². The van der Waals surface area contributed by atoms with Crippen molar-refractivity contribution in [2.45, 2.75) is 0 Å². The molecule has 0 aromatic carbocycles. The van der Waals surface area contributed by atoms with Gasteiger partial charge in [-0.25, -0.2) is 14.8 Å². The molecule has 4 rings (SSSR count). The Bertz CT molecular complexity index is 1280. The van der Waals surface area contributed by atoms with Gasteiger partial charge >= 0.3 is 5.69 Å². The number of fused-ring (bicyclic) bond motifs is 1. The molecule has 1 amide bonds. The first-order valence-corrected chi connectivity index (χ1v) is 8.70. The molecule has 136 valence electrons. The first kappa shape index (κ1) is 16.9. The van der Waals surface area contributed by atoms with E-state index in [4.69, 9.17) is 4.42 Å². The van der Waals surface area contributed by atoms with Gasteiger partial charge in [-0.2, -0.15) is 0 Å². The number of anilines is 1. The molecule has 9 nitrogen and oxygen atoms in total. The molecule has 27 heavy (non-hydrogen) atoms. The Hall–Kier alpha value is -3.53. The SMILES string of the molecule is Cn1c(=O)c2cc(NC(=O)c3csc(-c4ccco4)n3)cnc2n(C)c1=O. The predicted octanol–water partition coefficient (Wildman–Crippen LogP) is 1.60. The normalized spacial score (nSPS) is 11.0. The molecule has 0 saturated carbocycles. The van der Waals surface area contributed by atoms with Gasteiger partial charge in [-0.3, -0.25) is 18.7 Å². The fourth-order valence-corrected chi connectivity index (χ4v) is 3.39. The Morgan fingerprint density at radius 1 is 1.26 bits per heavy atom. The quantitative estimate of drug-likeness (QED) is 0.575. The van der Waals surface area contributed by atoms with E-state index in [9.17, 15) is 14.4 Å². The number of aromatic nitrogens is 4. The molecule has 0 saturated heterocycles. The van der Waals surface area contributed by atoms with Crippen LogP contribution in [0, 0.1) is 0 Å². The lowest BCUT2D eigenvalue weighted by Crippen LogP contribution is -2.37. The molecule has 4 aromatic rings. The van der Waals surface area contributed by atoms with Gasteiger partial charge in [0.05, 0.1) is 23.5 Å². The third-order valence-electron chi connectivity index (χ3n) is 4.02. The maximum Gasteiger partial charge on any atom is 0.332 e. The van der Waals surface area contributed by atoms with Gasteiger partial charge in [0.25, 0.3) is 11.5 Å². The summed E-state index contributed by atoms with van der Waals surface area (Å²) >= 11 is 1.28. The predicted molar refractivity (Wildman–Crippen MR) is 100.0 cm³/mol. The number of amides is 1. The number of furan rings is 1. The fraction of sp³-hybridized carbons (Fsp3) is 0.118. The number of hydrogen-bond acceptors (Lipinski definition) is 7. The number of nitrogens with one attached hydrogen (secondary N) is 1. The summed E-state index contributed by atoms with van der Waals surface area (Å²) in [5, 5.41) is 5.10. The van der Waals surface area contributed by atoms with Crippen molar-refractivity contribution in [3.05, 3.63) is 62.6 Å². The van der Waals surface area contributed by atoms with E-state index in [1.54, 1.807) is 17.5 Å². The van der Waals surface area contributed by atoms with Gasteiger partial charge in [0.2, 0.25) is 0 Å². The van der Waals surface area contributed by atoms with Crippen molar-refractivity contribution in [2.24, 2.45) is 14.1 Å². The standard InChI is InChI=1S/C17H13N5O4S/c1-21-13-10(16(24)22(2)17(21)25)6-9(7-18-13)19-14(23)11-8-27-15(20-11)12-4-3-5-26-12/h3-8H,1-2H3,(H,19,23). The lowest BCUT2D eigenvalue weighted by Gasteiger charge is -2.08. The highest BCUT2D eigenvalue weighted by molar-refractivity contribution is 7.13. The second-order valence-electron chi connectivity index (χ2n) is 5.77.